The van der Waals surface area contributed by atoms with Crippen molar-refractivity contribution in [1.29, 1.82) is 0 Å². The summed E-state index contributed by atoms with van der Waals surface area (Å²) in [7, 11) is -3.51. The molecule has 0 fully saturated rings. The highest BCUT2D eigenvalue weighted by Crippen LogP contribution is 2.21. The summed E-state index contributed by atoms with van der Waals surface area (Å²) in [5, 5.41) is 2.91. The summed E-state index contributed by atoms with van der Waals surface area (Å²) >= 11 is 0. The van der Waals surface area contributed by atoms with Gasteiger partial charge < -0.3 is 10.2 Å². The van der Waals surface area contributed by atoms with E-state index in [1.165, 1.54) is 10.6 Å². The molecule has 0 aromatic heterocycles. The van der Waals surface area contributed by atoms with E-state index < -0.39 is 16.1 Å². The third-order valence-electron chi connectivity index (χ3n) is 5.85. The van der Waals surface area contributed by atoms with E-state index in [-0.39, 0.29) is 24.8 Å². The van der Waals surface area contributed by atoms with Crippen molar-refractivity contribution in [3.8, 4) is 0 Å². The van der Waals surface area contributed by atoms with Gasteiger partial charge in [-0.05, 0) is 56.4 Å². The number of amides is 2. The normalized spacial score (nSPS) is 12.1. The third kappa shape index (κ3) is 8.69. The smallest absolute Gasteiger partial charge is 0.242 e. The number of carbonyl (C=O) groups is 2. The van der Waals surface area contributed by atoms with Crippen LogP contribution in [-0.4, -0.2) is 50.5 Å². The highest BCUT2D eigenvalue weighted by molar-refractivity contribution is 7.92. The minimum absolute atomic E-state index is 0.140. The van der Waals surface area contributed by atoms with E-state index in [9.17, 15) is 18.0 Å². The van der Waals surface area contributed by atoms with E-state index in [2.05, 4.69) is 5.32 Å². The maximum absolute atomic E-state index is 13.4. The molecule has 2 aromatic carbocycles. The molecule has 0 saturated carbocycles. The first-order valence-electron chi connectivity index (χ1n) is 12.2. The van der Waals surface area contributed by atoms with Crippen LogP contribution in [0.4, 0.5) is 5.69 Å². The zero-order chi connectivity index (χ0) is 26.0. The Morgan fingerprint density at radius 1 is 1.00 bits per heavy atom. The molecule has 0 bridgehead atoms. The van der Waals surface area contributed by atoms with Crippen LogP contribution < -0.4 is 9.62 Å². The molecule has 2 amide bonds. The van der Waals surface area contributed by atoms with Gasteiger partial charge in [0.05, 0.1) is 11.9 Å². The molecule has 7 nitrogen and oxygen atoms in total. The minimum Gasteiger partial charge on any atom is -0.354 e. The number of aryl methyl sites for hydroxylation is 2. The number of sulfonamides is 1. The van der Waals surface area contributed by atoms with E-state index in [1.54, 1.807) is 11.0 Å². The van der Waals surface area contributed by atoms with Gasteiger partial charge in [0.25, 0.3) is 0 Å². The second-order valence-electron chi connectivity index (χ2n) is 9.00. The predicted octanol–water partition coefficient (Wildman–Crippen LogP) is 4.18. The molecule has 1 unspecified atom stereocenters. The number of anilines is 1. The molecule has 8 heteroatoms. The number of hydrogen-bond donors (Lipinski definition) is 1. The molecule has 192 valence electrons. The Balaban J connectivity index is 2.19. The van der Waals surface area contributed by atoms with Gasteiger partial charge in [-0.2, -0.15) is 0 Å². The summed E-state index contributed by atoms with van der Waals surface area (Å²) in [6, 6.07) is 14.6. The van der Waals surface area contributed by atoms with Crippen molar-refractivity contribution in [2.24, 2.45) is 0 Å². The van der Waals surface area contributed by atoms with Crippen molar-refractivity contribution in [1.82, 2.24) is 10.2 Å². The standard InChI is InChI=1S/C27H39N3O4S/c1-6-17-28-27(32)25(7-2)29(20-23-15-13-21(3)14-16-23)26(31)12-9-18-30(35(5,33)34)24-11-8-10-22(4)19-24/h8,10-11,13-16,19,25H,6-7,9,12,17-18,20H2,1-5H3,(H,28,32). The van der Waals surface area contributed by atoms with Crippen molar-refractivity contribution < 1.29 is 18.0 Å². The fraction of sp³-hybridized carbons (Fsp3) is 0.481. The number of rotatable bonds is 13. The van der Waals surface area contributed by atoms with Gasteiger partial charge >= 0.3 is 0 Å². The van der Waals surface area contributed by atoms with E-state index >= 15 is 0 Å². The predicted molar refractivity (Wildman–Crippen MR) is 142 cm³/mol. The molecule has 0 heterocycles. The fourth-order valence-electron chi connectivity index (χ4n) is 3.96. The summed E-state index contributed by atoms with van der Waals surface area (Å²) < 4.78 is 26.2. The van der Waals surface area contributed by atoms with Crippen LogP contribution in [0.1, 0.15) is 56.2 Å². The average molecular weight is 502 g/mol. The van der Waals surface area contributed by atoms with E-state index in [0.29, 0.717) is 31.6 Å². The molecular weight excluding hydrogens is 462 g/mol. The van der Waals surface area contributed by atoms with E-state index in [0.717, 1.165) is 23.1 Å². The Morgan fingerprint density at radius 3 is 2.26 bits per heavy atom. The molecule has 2 aromatic rings. The van der Waals surface area contributed by atoms with Crippen LogP contribution in [0.25, 0.3) is 0 Å². The zero-order valence-corrected chi connectivity index (χ0v) is 22.4. The van der Waals surface area contributed by atoms with Crippen LogP contribution in [0.2, 0.25) is 0 Å². The topological polar surface area (TPSA) is 86.8 Å². The number of nitrogens with zero attached hydrogens (tertiary/aromatic N) is 2. The molecule has 1 atom stereocenters. The monoisotopic (exact) mass is 501 g/mol. The van der Waals surface area contributed by atoms with Crippen LogP contribution >= 0.6 is 0 Å². The second-order valence-corrected chi connectivity index (χ2v) is 10.9. The highest BCUT2D eigenvalue weighted by Gasteiger charge is 2.28. The molecule has 0 aliphatic rings. The molecule has 0 spiro atoms. The van der Waals surface area contributed by atoms with Gasteiger partial charge in [0.2, 0.25) is 21.8 Å². The highest BCUT2D eigenvalue weighted by atomic mass is 32.2. The number of hydrogen-bond acceptors (Lipinski definition) is 4. The Bertz CT molecular complexity index is 1080. The lowest BCUT2D eigenvalue weighted by atomic mass is 10.1. The summed E-state index contributed by atoms with van der Waals surface area (Å²) in [6.07, 6.45) is 2.96. The summed E-state index contributed by atoms with van der Waals surface area (Å²) in [4.78, 5) is 27.9. The lowest BCUT2D eigenvalue weighted by Crippen LogP contribution is -2.49. The number of benzene rings is 2. The zero-order valence-electron chi connectivity index (χ0n) is 21.6. The lowest BCUT2D eigenvalue weighted by molar-refractivity contribution is -0.141. The Kier molecular flexibility index (Phi) is 10.8. The molecule has 0 aliphatic heterocycles. The summed E-state index contributed by atoms with van der Waals surface area (Å²) in [5.41, 5.74) is 3.61. The SMILES string of the molecule is CCCNC(=O)C(CC)N(Cc1ccc(C)cc1)C(=O)CCCN(c1cccc(C)c1)S(C)(=O)=O. The number of nitrogens with one attached hydrogen (secondary N) is 1. The quantitative estimate of drug-likeness (QED) is 0.446. The van der Waals surface area contributed by atoms with Crippen LogP contribution in [0.3, 0.4) is 0 Å². The first-order chi connectivity index (χ1) is 16.6. The van der Waals surface area contributed by atoms with Crippen molar-refractivity contribution in [3.05, 3.63) is 65.2 Å². The van der Waals surface area contributed by atoms with Gasteiger partial charge in [-0.3, -0.25) is 13.9 Å². The molecular formula is C27H39N3O4S. The average Bonchev–Trinajstić information content (AvgIpc) is 2.80. The van der Waals surface area contributed by atoms with Crippen LogP contribution in [0.15, 0.2) is 48.5 Å². The second kappa shape index (κ2) is 13.3. The molecule has 0 radical (unpaired) electrons. The first-order valence-corrected chi connectivity index (χ1v) is 14.1. The first kappa shape index (κ1) is 28.4. The van der Waals surface area contributed by atoms with Gasteiger partial charge in [0.1, 0.15) is 6.04 Å². The van der Waals surface area contributed by atoms with Gasteiger partial charge in [0.15, 0.2) is 0 Å². The van der Waals surface area contributed by atoms with E-state index in [1.807, 2.05) is 70.2 Å². The van der Waals surface area contributed by atoms with Crippen molar-refractivity contribution in [2.45, 2.75) is 66.0 Å². The summed E-state index contributed by atoms with van der Waals surface area (Å²) in [5.74, 6) is -0.325. The Morgan fingerprint density at radius 2 is 1.69 bits per heavy atom. The molecule has 0 aliphatic carbocycles. The lowest BCUT2D eigenvalue weighted by Gasteiger charge is -2.31. The fourth-order valence-corrected chi connectivity index (χ4v) is 4.92. The number of carbonyl (C=O) groups excluding carboxylic acids is 2. The van der Waals surface area contributed by atoms with Gasteiger partial charge in [-0.1, -0.05) is 55.8 Å². The minimum atomic E-state index is -3.51. The van der Waals surface area contributed by atoms with E-state index in [4.69, 9.17) is 0 Å². The Labute approximate surface area is 210 Å². The maximum atomic E-state index is 13.4. The van der Waals surface area contributed by atoms with Gasteiger partial charge in [-0.25, -0.2) is 8.42 Å². The molecule has 2 rings (SSSR count). The molecule has 35 heavy (non-hydrogen) atoms. The van der Waals surface area contributed by atoms with Gasteiger partial charge in [0, 0.05) is 26.1 Å². The van der Waals surface area contributed by atoms with Crippen molar-refractivity contribution in [2.75, 3.05) is 23.7 Å². The molecule has 1 N–H and O–H groups in total. The summed E-state index contributed by atoms with van der Waals surface area (Å²) in [6.45, 7) is 8.86. The maximum Gasteiger partial charge on any atom is 0.242 e. The van der Waals surface area contributed by atoms with Crippen LogP contribution in [0.5, 0.6) is 0 Å². The molecule has 0 saturated heterocycles. The van der Waals surface area contributed by atoms with Crippen molar-refractivity contribution >= 4 is 27.5 Å². The Hall–Kier alpha value is -2.87. The largest absolute Gasteiger partial charge is 0.354 e. The van der Waals surface area contributed by atoms with Crippen molar-refractivity contribution in [3.63, 3.8) is 0 Å². The van der Waals surface area contributed by atoms with Crippen LogP contribution in [0, 0.1) is 13.8 Å². The van der Waals surface area contributed by atoms with Gasteiger partial charge in [-0.15, -0.1) is 0 Å². The third-order valence-corrected chi connectivity index (χ3v) is 7.04. The van der Waals surface area contributed by atoms with Crippen LogP contribution in [-0.2, 0) is 26.2 Å².